The first kappa shape index (κ1) is 17.8. The van der Waals surface area contributed by atoms with Crippen LogP contribution in [0.2, 0.25) is 0 Å². The van der Waals surface area contributed by atoms with Crippen LogP contribution in [-0.2, 0) is 6.54 Å². The van der Waals surface area contributed by atoms with Gasteiger partial charge in [-0.15, -0.1) is 0 Å². The number of rotatable bonds is 5. The number of carbonyl (C=O) groups excluding carboxylic acids is 2. The first-order valence-electron chi connectivity index (χ1n) is 8.09. The molecule has 0 aliphatic heterocycles. The number of anilines is 1. The molecule has 0 spiro atoms. The zero-order valence-corrected chi connectivity index (χ0v) is 14.2. The number of hydrogen-bond acceptors (Lipinski definition) is 5. The Morgan fingerprint density at radius 2 is 1.59 bits per heavy atom. The Kier molecular flexibility index (Phi) is 5.50. The van der Waals surface area contributed by atoms with Crippen LogP contribution in [0.1, 0.15) is 31.8 Å². The van der Waals surface area contributed by atoms with Crippen molar-refractivity contribution >= 4 is 17.5 Å². The van der Waals surface area contributed by atoms with Gasteiger partial charge < -0.3 is 10.6 Å². The largest absolute Gasteiger partial charge is 0.348 e. The Morgan fingerprint density at radius 1 is 0.926 bits per heavy atom. The van der Waals surface area contributed by atoms with Gasteiger partial charge >= 0.3 is 0 Å². The van der Waals surface area contributed by atoms with Crippen LogP contribution in [0, 0.1) is 11.3 Å². The molecule has 0 bridgehead atoms. The van der Waals surface area contributed by atoms with Crippen molar-refractivity contribution < 1.29 is 9.59 Å². The lowest BCUT2D eigenvalue weighted by Crippen LogP contribution is -2.23. The summed E-state index contributed by atoms with van der Waals surface area (Å²) in [6.45, 7) is 0.350. The van der Waals surface area contributed by atoms with Crippen molar-refractivity contribution in [3.63, 3.8) is 0 Å². The molecule has 7 nitrogen and oxygen atoms in total. The van der Waals surface area contributed by atoms with E-state index in [2.05, 4.69) is 20.6 Å². The number of amides is 2. The highest BCUT2D eigenvalue weighted by Gasteiger charge is 2.12. The fraction of sp³-hybridized carbons (Fsp3) is 0.0500. The number of pyridine rings is 2. The Morgan fingerprint density at radius 3 is 2.26 bits per heavy atom. The lowest BCUT2D eigenvalue weighted by molar-refractivity contribution is 0.0950. The Balaban J connectivity index is 1.65. The highest BCUT2D eigenvalue weighted by molar-refractivity contribution is 6.05. The molecule has 0 aliphatic carbocycles. The van der Waals surface area contributed by atoms with Crippen molar-refractivity contribution in [2.45, 2.75) is 6.54 Å². The van der Waals surface area contributed by atoms with Gasteiger partial charge in [-0.05, 0) is 48.0 Å². The molecule has 0 unspecified atom stereocenters. The van der Waals surface area contributed by atoms with Gasteiger partial charge in [0.2, 0.25) is 0 Å². The van der Waals surface area contributed by atoms with Crippen LogP contribution in [0.3, 0.4) is 0 Å². The minimum Gasteiger partial charge on any atom is -0.348 e. The Bertz CT molecular complexity index is 995. The second-order valence-electron chi connectivity index (χ2n) is 5.64. The van der Waals surface area contributed by atoms with Crippen LogP contribution < -0.4 is 10.6 Å². The van der Waals surface area contributed by atoms with Crippen molar-refractivity contribution in [1.29, 1.82) is 5.26 Å². The minimum atomic E-state index is -0.393. The summed E-state index contributed by atoms with van der Waals surface area (Å²) in [5.74, 6) is -0.719. The van der Waals surface area contributed by atoms with Crippen molar-refractivity contribution in [3.8, 4) is 6.07 Å². The standard InChI is InChI=1S/C20H15N5O2/c21-10-14-1-3-18(4-2-14)25-20(27)17-9-16(12-23-13-17)19(26)24-11-15-5-7-22-8-6-15/h1-9,12-13H,11H2,(H,24,26)(H,25,27). The van der Waals surface area contributed by atoms with Gasteiger partial charge in [-0.1, -0.05) is 0 Å². The maximum Gasteiger partial charge on any atom is 0.257 e. The van der Waals surface area contributed by atoms with E-state index in [-0.39, 0.29) is 17.0 Å². The molecule has 0 saturated heterocycles. The number of aromatic nitrogens is 2. The van der Waals surface area contributed by atoms with E-state index >= 15 is 0 Å². The molecule has 2 N–H and O–H groups in total. The SMILES string of the molecule is N#Cc1ccc(NC(=O)c2cncc(C(=O)NCc3ccncc3)c2)cc1. The van der Waals surface area contributed by atoms with Crippen LogP contribution in [0.25, 0.3) is 0 Å². The smallest absolute Gasteiger partial charge is 0.257 e. The number of nitrogens with zero attached hydrogens (tertiary/aromatic N) is 3. The first-order valence-corrected chi connectivity index (χ1v) is 8.09. The third-order valence-corrected chi connectivity index (χ3v) is 3.74. The van der Waals surface area contributed by atoms with E-state index in [1.807, 2.05) is 6.07 Å². The van der Waals surface area contributed by atoms with Crippen molar-refractivity contribution in [2.24, 2.45) is 0 Å². The molecule has 27 heavy (non-hydrogen) atoms. The molecule has 1 aromatic carbocycles. The van der Waals surface area contributed by atoms with Gasteiger partial charge in [-0.3, -0.25) is 19.6 Å². The van der Waals surface area contributed by atoms with Crippen LogP contribution >= 0.6 is 0 Å². The predicted octanol–water partition coefficient (Wildman–Crippen LogP) is 2.53. The molecule has 2 aromatic heterocycles. The monoisotopic (exact) mass is 357 g/mol. The van der Waals surface area contributed by atoms with E-state index in [0.717, 1.165) is 5.56 Å². The number of nitriles is 1. The lowest BCUT2D eigenvalue weighted by atomic mass is 10.1. The zero-order chi connectivity index (χ0) is 19.1. The van der Waals surface area contributed by atoms with E-state index in [1.165, 1.54) is 18.5 Å². The molecular weight excluding hydrogens is 342 g/mol. The van der Waals surface area contributed by atoms with Crippen molar-refractivity contribution in [1.82, 2.24) is 15.3 Å². The summed E-state index contributed by atoms with van der Waals surface area (Å²) < 4.78 is 0. The van der Waals surface area contributed by atoms with Crippen LogP contribution in [0.15, 0.2) is 67.3 Å². The first-order chi connectivity index (χ1) is 13.2. The molecule has 0 atom stereocenters. The molecule has 2 heterocycles. The summed E-state index contributed by atoms with van der Waals surface area (Å²) in [6, 6.07) is 13.6. The molecule has 2 amide bonds. The second kappa shape index (κ2) is 8.36. The highest BCUT2D eigenvalue weighted by atomic mass is 16.2. The molecule has 0 radical (unpaired) electrons. The summed E-state index contributed by atoms with van der Waals surface area (Å²) in [7, 11) is 0. The Labute approximate surface area is 155 Å². The molecule has 3 aromatic rings. The molecular formula is C20H15N5O2. The average molecular weight is 357 g/mol. The van der Waals surface area contributed by atoms with Gasteiger partial charge in [-0.25, -0.2) is 0 Å². The normalized spacial score (nSPS) is 9.89. The number of hydrogen-bond donors (Lipinski definition) is 2. The lowest BCUT2D eigenvalue weighted by Gasteiger charge is -2.08. The van der Waals surface area contributed by atoms with E-state index in [9.17, 15) is 9.59 Å². The summed E-state index contributed by atoms with van der Waals surface area (Å²) in [5, 5.41) is 14.3. The number of carbonyl (C=O) groups is 2. The predicted molar refractivity (Wildman–Crippen MR) is 98.8 cm³/mol. The molecule has 0 aliphatic rings. The van der Waals surface area contributed by atoms with Crippen molar-refractivity contribution in [3.05, 3.63) is 89.5 Å². The van der Waals surface area contributed by atoms with Crippen molar-refractivity contribution in [2.75, 3.05) is 5.32 Å². The highest BCUT2D eigenvalue weighted by Crippen LogP contribution is 2.11. The summed E-state index contributed by atoms with van der Waals surface area (Å²) in [4.78, 5) is 32.6. The zero-order valence-electron chi connectivity index (χ0n) is 14.2. The second-order valence-corrected chi connectivity index (χ2v) is 5.64. The van der Waals surface area contributed by atoms with Gasteiger partial charge in [-0.2, -0.15) is 5.26 Å². The maximum atomic E-state index is 12.4. The fourth-order valence-corrected chi connectivity index (χ4v) is 2.30. The molecule has 3 rings (SSSR count). The number of nitrogens with one attached hydrogen (secondary N) is 2. The Hall–Kier alpha value is -4.05. The average Bonchev–Trinajstić information content (AvgIpc) is 2.73. The maximum absolute atomic E-state index is 12.4. The third kappa shape index (κ3) is 4.74. The molecule has 0 fully saturated rings. The summed E-state index contributed by atoms with van der Waals surface area (Å²) >= 11 is 0. The third-order valence-electron chi connectivity index (χ3n) is 3.74. The van der Waals surface area contributed by atoms with Gasteiger partial charge in [0.05, 0.1) is 22.8 Å². The van der Waals surface area contributed by atoms with Crippen LogP contribution in [0.4, 0.5) is 5.69 Å². The minimum absolute atomic E-state index is 0.260. The summed E-state index contributed by atoms with van der Waals surface area (Å²) in [5.41, 5.74) is 2.52. The van der Waals surface area contributed by atoms with Crippen LogP contribution in [0.5, 0.6) is 0 Å². The fourth-order valence-electron chi connectivity index (χ4n) is 2.30. The topological polar surface area (TPSA) is 108 Å². The van der Waals surface area contributed by atoms with Crippen LogP contribution in [-0.4, -0.2) is 21.8 Å². The van der Waals surface area contributed by atoms with Gasteiger partial charge in [0.15, 0.2) is 0 Å². The van der Waals surface area contributed by atoms with Gasteiger partial charge in [0.25, 0.3) is 11.8 Å². The molecule has 7 heteroatoms. The van der Waals surface area contributed by atoms with E-state index in [4.69, 9.17) is 5.26 Å². The quantitative estimate of drug-likeness (QED) is 0.729. The van der Waals surface area contributed by atoms with Gasteiger partial charge in [0.1, 0.15) is 0 Å². The molecule has 0 saturated carbocycles. The van der Waals surface area contributed by atoms with Gasteiger partial charge in [0, 0.05) is 37.0 Å². The van der Waals surface area contributed by atoms with E-state index in [1.54, 1.807) is 48.8 Å². The molecule has 132 valence electrons. The van der Waals surface area contributed by atoms with E-state index < -0.39 is 5.91 Å². The summed E-state index contributed by atoms with van der Waals surface area (Å²) in [6.07, 6.45) is 6.09. The van der Waals surface area contributed by atoms with E-state index in [0.29, 0.717) is 17.8 Å². The number of benzene rings is 1.